The molecular formula is C28H32N2O2. The molecule has 0 saturated heterocycles. The van der Waals surface area contributed by atoms with E-state index in [0.717, 1.165) is 51.5 Å². The lowest BCUT2D eigenvalue weighted by molar-refractivity contribution is 0.104. The number of hydrogen-bond donors (Lipinski definition) is 1. The van der Waals surface area contributed by atoms with E-state index in [1.807, 2.05) is 24.3 Å². The lowest BCUT2D eigenvalue weighted by atomic mass is 9.79. The number of carbonyl (C=O) groups is 1. The number of nitrogens with one attached hydrogen (secondary N) is 1. The first-order chi connectivity index (χ1) is 15.8. The monoisotopic (exact) mass is 428 g/mol. The number of nitrogens with zero attached hydrogens (tertiary/aromatic N) is 1. The van der Waals surface area contributed by atoms with Crippen molar-refractivity contribution in [2.75, 3.05) is 11.9 Å². The molecule has 3 aliphatic rings. The summed E-state index contributed by atoms with van der Waals surface area (Å²) in [6.45, 7) is 0.919. The highest BCUT2D eigenvalue weighted by Gasteiger charge is 2.34. The fourth-order valence-corrected chi connectivity index (χ4v) is 6.33. The Bertz CT molecular complexity index is 1150. The molecule has 0 spiro atoms. The Morgan fingerprint density at radius 2 is 1.66 bits per heavy atom. The van der Waals surface area contributed by atoms with Crippen LogP contribution in [0.1, 0.15) is 98.0 Å². The number of carbonyl (C=O) groups excluding carboxylic acids is 1. The van der Waals surface area contributed by atoms with Gasteiger partial charge in [0.15, 0.2) is 11.5 Å². The van der Waals surface area contributed by atoms with Crippen molar-refractivity contribution < 1.29 is 9.32 Å². The second-order valence-corrected chi connectivity index (χ2v) is 10.1. The number of ketones is 1. The summed E-state index contributed by atoms with van der Waals surface area (Å²) in [5, 5.41) is 9.17. The summed E-state index contributed by atoms with van der Waals surface area (Å²) < 4.78 is 5.93. The van der Waals surface area contributed by atoms with Crippen LogP contribution in [0.2, 0.25) is 0 Å². The van der Waals surface area contributed by atoms with Crippen molar-refractivity contribution in [2.24, 2.45) is 5.92 Å². The molecule has 0 bridgehead atoms. The predicted octanol–water partition coefficient (Wildman–Crippen LogP) is 7.47. The van der Waals surface area contributed by atoms with Gasteiger partial charge in [-0.2, -0.15) is 0 Å². The molecule has 4 heteroatoms. The van der Waals surface area contributed by atoms with Gasteiger partial charge in [0.1, 0.15) is 5.52 Å². The Morgan fingerprint density at radius 1 is 0.938 bits per heavy atom. The SMILES string of the molecule is O=C1c2ccccc2-c2onc3c(C4CCCCC4)cc(NCCC4CCCCC4)c1c23. The van der Waals surface area contributed by atoms with E-state index in [9.17, 15) is 4.79 Å². The van der Waals surface area contributed by atoms with Gasteiger partial charge in [-0.15, -0.1) is 0 Å². The predicted molar refractivity (Wildman–Crippen MR) is 128 cm³/mol. The zero-order valence-electron chi connectivity index (χ0n) is 18.8. The first-order valence-electron chi connectivity index (χ1n) is 12.7. The largest absolute Gasteiger partial charge is 0.384 e. The maximum absolute atomic E-state index is 13.7. The standard InChI is InChI=1S/C28H32N2O2/c31-27-20-13-7-8-14-21(20)28-25-24(27)23(29-16-15-18-9-3-1-4-10-18)17-22(26(25)30-32-28)19-11-5-2-6-12-19/h7-8,13-14,17-19,29H,1-6,9-12,15-16H2. The van der Waals surface area contributed by atoms with E-state index in [1.165, 1.54) is 76.2 Å². The lowest BCUT2D eigenvalue weighted by Gasteiger charge is -2.26. The van der Waals surface area contributed by atoms with E-state index >= 15 is 0 Å². The van der Waals surface area contributed by atoms with E-state index in [0.29, 0.717) is 5.92 Å². The molecular weight excluding hydrogens is 396 g/mol. The minimum atomic E-state index is 0.0941. The number of benzene rings is 2. The first kappa shape index (κ1) is 20.0. The van der Waals surface area contributed by atoms with Crippen LogP contribution in [-0.4, -0.2) is 17.5 Å². The molecule has 2 fully saturated rings. The molecule has 3 aliphatic carbocycles. The smallest absolute Gasteiger partial charge is 0.196 e. The van der Waals surface area contributed by atoms with Gasteiger partial charge in [0.25, 0.3) is 0 Å². The topological polar surface area (TPSA) is 55.1 Å². The molecule has 6 rings (SSSR count). The minimum Gasteiger partial charge on any atom is -0.384 e. The third-order valence-electron chi connectivity index (χ3n) is 8.07. The van der Waals surface area contributed by atoms with Crippen molar-refractivity contribution in [1.29, 1.82) is 0 Å². The van der Waals surface area contributed by atoms with Crippen LogP contribution in [0.15, 0.2) is 34.9 Å². The molecule has 0 amide bonds. The second kappa shape index (κ2) is 8.38. The summed E-state index contributed by atoms with van der Waals surface area (Å²) in [6, 6.07) is 10.0. The number of aromatic nitrogens is 1. The molecule has 1 N–H and O–H groups in total. The quantitative estimate of drug-likeness (QED) is 0.358. The fraction of sp³-hybridized carbons (Fsp3) is 0.500. The number of fused-ring (bicyclic) bond motifs is 2. The third kappa shape index (κ3) is 3.35. The lowest BCUT2D eigenvalue weighted by Crippen LogP contribution is -2.17. The number of hydrogen-bond acceptors (Lipinski definition) is 4. The molecule has 3 aromatic rings. The molecule has 0 radical (unpaired) electrons. The molecule has 0 aliphatic heterocycles. The van der Waals surface area contributed by atoms with Crippen molar-refractivity contribution in [2.45, 2.75) is 76.5 Å². The van der Waals surface area contributed by atoms with Crippen LogP contribution < -0.4 is 5.32 Å². The van der Waals surface area contributed by atoms with Crippen molar-refractivity contribution in [3.8, 4) is 11.3 Å². The highest BCUT2D eigenvalue weighted by atomic mass is 16.5. The summed E-state index contributed by atoms with van der Waals surface area (Å²) in [6.07, 6.45) is 14.3. The van der Waals surface area contributed by atoms with E-state index in [1.54, 1.807) is 0 Å². The average Bonchev–Trinajstić information content (AvgIpc) is 3.29. The maximum atomic E-state index is 13.7. The van der Waals surface area contributed by atoms with Crippen molar-refractivity contribution in [1.82, 2.24) is 5.16 Å². The number of rotatable bonds is 5. The number of anilines is 1. The maximum Gasteiger partial charge on any atom is 0.196 e. The summed E-state index contributed by atoms with van der Waals surface area (Å²) in [5.74, 6) is 2.17. The van der Waals surface area contributed by atoms with Gasteiger partial charge in [-0.25, -0.2) is 0 Å². The summed E-state index contributed by atoms with van der Waals surface area (Å²) in [4.78, 5) is 13.7. The molecule has 4 nitrogen and oxygen atoms in total. The van der Waals surface area contributed by atoms with Crippen LogP contribution in [0.25, 0.3) is 22.2 Å². The van der Waals surface area contributed by atoms with Gasteiger partial charge < -0.3 is 9.84 Å². The normalized spacial score (nSPS) is 19.3. The Labute approximate surface area is 189 Å². The van der Waals surface area contributed by atoms with Gasteiger partial charge in [0, 0.05) is 23.4 Å². The van der Waals surface area contributed by atoms with Crippen LogP contribution in [0.5, 0.6) is 0 Å². The Hall–Kier alpha value is -2.62. The molecule has 0 unspecified atom stereocenters. The molecule has 2 saturated carbocycles. The first-order valence-corrected chi connectivity index (χ1v) is 12.7. The van der Waals surface area contributed by atoms with Crippen LogP contribution in [-0.2, 0) is 0 Å². The molecule has 0 atom stereocenters. The third-order valence-corrected chi connectivity index (χ3v) is 8.07. The van der Waals surface area contributed by atoms with Gasteiger partial charge in [-0.05, 0) is 42.7 Å². The van der Waals surface area contributed by atoms with Crippen LogP contribution in [0.3, 0.4) is 0 Å². The molecule has 1 aromatic heterocycles. The van der Waals surface area contributed by atoms with E-state index in [2.05, 4.69) is 16.5 Å². The summed E-state index contributed by atoms with van der Waals surface area (Å²) in [7, 11) is 0. The summed E-state index contributed by atoms with van der Waals surface area (Å²) in [5.41, 5.74) is 5.52. The van der Waals surface area contributed by atoms with Crippen LogP contribution in [0, 0.1) is 5.92 Å². The van der Waals surface area contributed by atoms with Gasteiger partial charge >= 0.3 is 0 Å². The van der Waals surface area contributed by atoms with Gasteiger partial charge in [-0.1, -0.05) is 80.8 Å². The Morgan fingerprint density at radius 3 is 2.44 bits per heavy atom. The van der Waals surface area contributed by atoms with Crippen LogP contribution >= 0.6 is 0 Å². The average molecular weight is 429 g/mol. The highest BCUT2D eigenvalue weighted by Crippen LogP contribution is 2.46. The van der Waals surface area contributed by atoms with Crippen molar-refractivity contribution in [3.63, 3.8) is 0 Å². The second-order valence-electron chi connectivity index (χ2n) is 10.1. The molecule has 2 aromatic carbocycles. The zero-order valence-corrected chi connectivity index (χ0v) is 18.8. The zero-order chi connectivity index (χ0) is 21.5. The Balaban J connectivity index is 1.43. The molecule has 1 heterocycles. The highest BCUT2D eigenvalue weighted by molar-refractivity contribution is 6.27. The fourth-order valence-electron chi connectivity index (χ4n) is 6.33. The summed E-state index contributed by atoms with van der Waals surface area (Å²) >= 11 is 0. The van der Waals surface area contributed by atoms with Gasteiger partial charge in [-0.3, -0.25) is 4.79 Å². The van der Waals surface area contributed by atoms with Crippen molar-refractivity contribution in [3.05, 3.63) is 47.0 Å². The van der Waals surface area contributed by atoms with E-state index < -0.39 is 0 Å². The molecule has 166 valence electrons. The van der Waals surface area contributed by atoms with Gasteiger partial charge in [0.2, 0.25) is 0 Å². The molecule has 32 heavy (non-hydrogen) atoms. The van der Waals surface area contributed by atoms with Crippen molar-refractivity contribution >= 4 is 22.4 Å². The van der Waals surface area contributed by atoms with Gasteiger partial charge in [0.05, 0.1) is 10.9 Å². The minimum absolute atomic E-state index is 0.0941. The van der Waals surface area contributed by atoms with E-state index in [4.69, 9.17) is 4.52 Å². The van der Waals surface area contributed by atoms with E-state index in [-0.39, 0.29) is 5.78 Å². The van der Waals surface area contributed by atoms with Crippen LogP contribution in [0.4, 0.5) is 5.69 Å². The Kier molecular flexibility index (Phi) is 5.24.